The van der Waals surface area contributed by atoms with E-state index in [2.05, 4.69) is 62.5 Å². The average Bonchev–Trinajstić information content (AvgIpc) is 2.74. The van der Waals surface area contributed by atoms with Gasteiger partial charge in [-0.1, -0.05) is 19.9 Å². The van der Waals surface area contributed by atoms with Gasteiger partial charge >= 0.3 is 0 Å². The van der Waals surface area contributed by atoms with E-state index in [1.165, 1.54) is 11.1 Å². The number of imidazole rings is 1. The molecule has 0 aliphatic carbocycles. The zero-order chi connectivity index (χ0) is 15.7. The Bertz CT molecular complexity index is 614. The molecule has 21 heavy (non-hydrogen) atoms. The highest BCUT2D eigenvalue weighted by molar-refractivity contribution is 6.20. The second kappa shape index (κ2) is 6.37. The van der Waals surface area contributed by atoms with E-state index in [4.69, 9.17) is 16.6 Å². The van der Waals surface area contributed by atoms with Crippen molar-refractivity contribution < 1.29 is 0 Å². The van der Waals surface area contributed by atoms with Crippen LogP contribution in [0.1, 0.15) is 43.6 Å². The van der Waals surface area contributed by atoms with Crippen LogP contribution in [0, 0.1) is 12.8 Å². The van der Waals surface area contributed by atoms with Gasteiger partial charge in [0.25, 0.3) is 0 Å². The summed E-state index contributed by atoms with van der Waals surface area (Å²) in [4.78, 5) is 7.01. The fourth-order valence-corrected chi connectivity index (χ4v) is 2.97. The number of rotatable bonds is 5. The molecule has 3 nitrogen and oxygen atoms in total. The predicted octanol–water partition coefficient (Wildman–Crippen LogP) is 4.40. The van der Waals surface area contributed by atoms with Gasteiger partial charge in [-0.15, -0.1) is 11.6 Å². The Kier molecular flexibility index (Phi) is 4.95. The van der Waals surface area contributed by atoms with Gasteiger partial charge in [0.05, 0.1) is 22.5 Å². The number of aryl methyl sites for hydroxylation is 1. The number of fused-ring (bicyclic) bond motifs is 1. The smallest absolute Gasteiger partial charge is 0.128 e. The van der Waals surface area contributed by atoms with Gasteiger partial charge in [0.1, 0.15) is 5.82 Å². The molecule has 2 rings (SSSR count). The highest BCUT2D eigenvalue weighted by atomic mass is 35.5. The Morgan fingerprint density at radius 2 is 1.90 bits per heavy atom. The summed E-state index contributed by atoms with van der Waals surface area (Å²) in [6.45, 7) is 9.63. The average molecular weight is 308 g/mol. The third-order valence-corrected chi connectivity index (χ3v) is 4.08. The molecule has 1 aromatic carbocycles. The number of benzene rings is 1. The van der Waals surface area contributed by atoms with Gasteiger partial charge in [-0.05, 0) is 51.6 Å². The summed E-state index contributed by atoms with van der Waals surface area (Å²) in [5.41, 5.74) is 3.48. The molecule has 0 aliphatic heterocycles. The molecular formula is C17H26ClN3. The number of hydrogen-bond acceptors (Lipinski definition) is 2. The van der Waals surface area contributed by atoms with Crippen molar-refractivity contribution in [3.63, 3.8) is 0 Å². The lowest BCUT2D eigenvalue weighted by Gasteiger charge is -2.28. The Morgan fingerprint density at radius 1 is 1.24 bits per heavy atom. The topological polar surface area (TPSA) is 21.1 Å². The molecule has 0 radical (unpaired) electrons. The first kappa shape index (κ1) is 16.3. The van der Waals surface area contributed by atoms with E-state index in [0.29, 0.717) is 12.0 Å². The van der Waals surface area contributed by atoms with Gasteiger partial charge in [-0.25, -0.2) is 4.98 Å². The molecule has 0 saturated heterocycles. The molecule has 0 aliphatic rings. The van der Waals surface area contributed by atoms with Crippen LogP contribution in [0.15, 0.2) is 18.2 Å². The monoisotopic (exact) mass is 307 g/mol. The van der Waals surface area contributed by atoms with E-state index < -0.39 is 0 Å². The van der Waals surface area contributed by atoms with Gasteiger partial charge in [0, 0.05) is 6.54 Å². The third kappa shape index (κ3) is 3.41. The van der Waals surface area contributed by atoms with E-state index in [1.807, 2.05) is 6.92 Å². The van der Waals surface area contributed by atoms with Gasteiger partial charge in [-0.3, -0.25) is 0 Å². The van der Waals surface area contributed by atoms with Crippen molar-refractivity contribution in [3.8, 4) is 0 Å². The third-order valence-electron chi connectivity index (χ3n) is 3.88. The summed E-state index contributed by atoms with van der Waals surface area (Å²) in [6, 6.07) is 6.79. The van der Waals surface area contributed by atoms with E-state index >= 15 is 0 Å². The maximum absolute atomic E-state index is 6.41. The quantitative estimate of drug-likeness (QED) is 0.763. The zero-order valence-electron chi connectivity index (χ0n) is 13.9. The maximum Gasteiger partial charge on any atom is 0.128 e. The number of aromatic nitrogens is 2. The second-order valence-corrected chi connectivity index (χ2v) is 7.18. The Hall–Kier alpha value is -1.06. The van der Waals surface area contributed by atoms with Gasteiger partial charge in [0.15, 0.2) is 0 Å². The molecule has 2 atom stereocenters. The maximum atomic E-state index is 6.41. The number of likely N-dealkylation sites (N-methyl/N-ethyl adjacent to an activating group) is 1. The highest BCUT2D eigenvalue weighted by Crippen LogP contribution is 2.32. The molecular weight excluding hydrogens is 282 g/mol. The minimum absolute atomic E-state index is 0.0962. The van der Waals surface area contributed by atoms with E-state index in [1.54, 1.807) is 0 Å². The Morgan fingerprint density at radius 3 is 2.43 bits per heavy atom. The molecule has 1 aromatic heterocycles. The van der Waals surface area contributed by atoms with Crippen molar-refractivity contribution in [1.82, 2.24) is 14.5 Å². The lowest BCUT2D eigenvalue weighted by atomic mass is 10.0. The molecule has 4 heteroatoms. The van der Waals surface area contributed by atoms with Crippen molar-refractivity contribution in [2.45, 2.75) is 39.1 Å². The fourth-order valence-electron chi connectivity index (χ4n) is 2.82. The van der Waals surface area contributed by atoms with Gasteiger partial charge in [0.2, 0.25) is 0 Å². The molecule has 0 amide bonds. The van der Waals surface area contributed by atoms with Crippen LogP contribution in [-0.4, -0.2) is 35.1 Å². The van der Waals surface area contributed by atoms with Crippen molar-refractivity contribution >= 4 is 22.6 Å². The first-order valence-electron chi connectivity index (χ1n) is 7.58. The van der Waals surface area contributed by atoms with Gasteiger partial charge in [-0.2, -0.15) is 0 Å². The molecule has 2 aromatic rings. The van der Waals surface area contributed by atoms with Crippen LogP contribution in [0.4, 0.5) is 0 Å². The Labute approximate surface area is 132 Å². The number of halogens is 1. The first-order valence-corrected chi connectivity index (χ1v) is 8.02. The standard InChI is InChI=1S/C17H26ClN3/c1-11(2)16(10-20(5)6)21-15-9-12(3)7-8-14(15)19-17(21)13(4)18/h7-9,11,13,16H,10H2,1-6H3. The molecule has 1 heterocycles. The van der Waals surface area contributed by atoms with E-state index in [9.17, 15) is 0 Å². The molecule has 2 unspecified atom stereocenters. The SMILES string of the molecule is Cc1ccc2nc(C(C)Cl)n(C(CN(C)C)C(C)C)c2c1. The molecule has 0 spiro atoms. The van der Waals surface area contributed by atoms with Crippen LogP contribution in [0.3, 0.4) is 0 Å². The molecule has 0 N–H and O–H groups in total. The summed E-state index contributed by atoms with van der Waals surface area (Å²) in [5, 5.41) is -0.0962. The van der Waals surface area contributed by atoms with Gasteiger partial charge < -0.3 is 9.47 Å². The molecule has 116 valence electrons. The number of nitrogens with zero attached hydrogens (tertiary/aromatic N) is 3. The van der Waals surface area contributed by atoms with Crippen molar-refractivity contribution in [2.24, 2.45) is 5.92 Å². The predicted molar refractivity (Wildman–Crippen MR) is 91.2 cm³/mol. The van der Waals surface area contributed by atoms with E-state index in [-0.39, 0.29) is 5.38 Å². The van der Waals surface area contributed by atoms with Crippen molar-refractivity contribution in [1.29, 1.82) is 0 Å². The zero-order valence-corrected chi connectivity index (χ0v) is 14.6. The minimum atomic E-state index is -0.0962. The van der Waals surface area contributed by atoms with Crippen LogP contribution in [0.5, 0.6) is 0 Å². The fraction of sp³-hybridized carbons (Fsp3) is 0.588. The van der Waals surface area contributed by atoms with Crippen LogP contribution in [-0.2, 0) is 0 Å². The number of alkyl halides is 1. The van der Waals surface area contributed by atoms with Crippen LogP contribution < -0.4 is 0 Å². The van der Waals surface area contributed by atoms with Crippen LogP contribution >= 0.6 is 11.6 Å². The largest absolute Gasteiger partial charge is 0.322 e. The first-order chi connectivity index (χ1) is 9.81. The lowest BCUT2D eigenvalue weighted by molar-refractivity contribution is 0.269. The summed E-state index contributed by atoms with van der Waals surface area (Å²) in [5.74, 6) is 1.48. The normalized spacial score (nSPS) is 15.1. The van der Waals surface area contributed by atoms with Crippen molar-refractivity contribution in [3.05, 3.63) is 29.6 Å². The van der Waals surface area contributed by atoms with Crippen molar-refractivity contribution in [2.75, 3.05) is 20.6 Å². The second-order valence-electron chi connectivity index (χ2n) is 6.52. The lowest BCUT2D eigenvalue weighted by Crippen LogP contribution is -2.29. The van der Waals surface area contributed by atoms with Crippen LogP contribution in [0.25, 0.3) is 11.0 Å². The number of hydrogen-bond donors (Lipinski definition) is 0. The van der Waals surface area contributed by atoms with Crippen LogP contribution in [0.2, 0.25) is 0 Å². The minimum Gasteiger partial charge on any atom is -0.322 e. The molecule has 0 saturated carbocycles. The summed E-state index contributed by atoms with van der Waals surface area (Å²) in [7, 11) is 4.23. The highest BCUT2D eigenvalue weighted by Gasteiger charge is 2.24. The van der Waals surface area contributed by atoms with E-state index in [0.717, 1.165) is 17.9 Å². The summed E-state index contributed by atoms with van der Waals surface area (Å²) >= 11 is 6.41. The summed E-state index contributed by atoms with van der Waals surface area (Å²) < 4.78 is 2.35. The molecule has 0 fully saturated rings. The Balaban J connectivity index is 2.67. The summed E-state index contributed by atoms with van der Waals surface area (Å²) in [6.07, 6.45) is 0. The molecule has 0 bridgehead atoms.